The van der Waals surface area contributed by atoms with Crippen LogP contribution in [0.3, 0.4) is 0 Å². The minimum atomic E-state index is -0.224. The fraction of sp³-hybridized carbons (Fsp3) is 0.600. The Kier molecular flexibility index (Phi) is 7.42. The Morgan fingerprint density at radius 1 is 1.22 bits per heavy atom. The Morgan fingerprint density at radius 3 is 2.61 bits per heavy atom. The SMILES string of the molecule is CCCNC(C)CCCCOc1ccc(F)cc1. The first kappa shape index (κ1) is 15.0. The van der Waals surface area contributed by atoms with Gasteiger partial charge in [-0.15, -0.1) is 0 Å². The van der Waals surface area contributed by atoms with Crippen molar-refractivity contribution in [1.29, 1.82) is 0 Å². The maximum absolute atomic E-state index is 12.7. The summed E-state index contributed by atoms with van der Waals surface area (Å²) in [5.74, 6) is 0.520. The van der Waals surface area contributed by atoms with Crippen molar-refractivity contribution < 1.29 is 9.13 Å². The van der Waals surface area contributed by atoms with E-state index in [4.69, 9.17) is 4.74 Å². The van der Waals surface area contributed by atoms with Gasteiger partial charge in [-0.3, -0.25) is 0 Å². The van der Waals surface area contributed by atoms with Gasteiger partial charge in [0.15, 0.2) is 0 Å². The molecule has 0 spiro atoms. The number of ether oxygens (including phenoxy) is 1. The van der Waals surface area contributed by atoms with E-state index in [1.807, 2.05) is 0 Å². The summed E-state index contributed by atoms with van der Waals surface area (Å²) in [5, 5.41) is 3.46. The summed E-state index contributed by atoms with van der Waals surface area (Å²) in [6.07, 6.45) is 4.54. The predicted molar refractivity (Wildman–Crippen MR) is 73.5 cm³/mol. The van der Waals surface area contributed by atoms with Gasteiger partial charge in [-0.05, 0) is 63.4 Å². The van der Waals surface area contributed by atoms with Crippen LogP contribution in [0.15, 0.2) is 24.3 Å². The Balaban J connectivity index is 2.03. The van der Waals surface area contributed by atoms with E-state index in [1.165, 1.54) is 25.0 Å². The van der Waals surface area contributed by atoms with E-state index >= 15 is 0 Å². The second-order valence-corrected chi connectivity index (χ2v) is 4.65. The average molecular weight is 253 g/mol. The number of hydrogen-bond donors (Lipinski definition) is 1. The second-order valence-electron chi connectivity index (χ2n) is 4.65. The molecule has 0 fully saturated rings. The lowest BCUT2D eigenvalue weighted by Crippen LogP contribution is -2.26. The van der Waals surface area contributed by atoms with Crippen molar-refractivity contribution >= 4 is 0 Å². The first-order valence-electron chi connectivity index (χ1n) is 6.84. The third-order valence-corrected chi connectivity index (χ3v) is 2.86. The van der Waals surface area contributed by atoms with Gasteiger partial charge in [0, 0.05) is 6.04 Å². The number of rotatable bonds is 9. The van der Waals surface area contributed by atoms with E-state index in [2.05, 4.69) is 19.2 Å². The molecule has 0 aliphatic carbocycles. The van der Waals surface area contributed by atoms with Gasteiger partial charge >= 0.3 is 0 Å². The number of benzene rings is 1. The molecule has 0 radical (unpaired) electrons. The molecule has 0 aliphatic heterocycles. The molecule has 1 unspecified atom stereocenters. The molecule has 2 nitrogen and oxygen atoms in total. The van der Waals surface area contributed by atoms with Crippen LogP contribution in [0.25, 0.3) is 0 Å². The van der Waals surface area contributed by atoms with Crippen LogP contribution in [0.1, 0.15) is 39.5 Å². The first-order valence-corrected chi connectivity index (χ1v) is 6.84. The maximum atomic E-state index is 12.7. The quantitative estimate of drug-likeness (QED) is 0.676. The van der Waals surface area contributed by atoms with Crippen LogP contribution >= 0.6 is 0 Å². The van der Waals surface area contributed by atoms with Crippen molar-refractivity contribution in [3.05, 3.63) is 30.1 Å². The van der Waals surface area contributed by atoms with Crippen LogP contribution in [0.4, 0.5) is 4.39 Å². The summed E-state index contributed by atoms with van der Waals surface area (Å²) >= 11 is 0. The zero-order chi connectivity index (χ0) is 13.2. The zero-order valence-electron chi connectivity index (χ0n) is 11.4. The molecule has 1 aromatic carbocycles. The maximum Gasteiger partial charge on any atom is 0.123 e. The fourth-order valence-electron chi connectivity index (χ4n) is 1.77. The van der Waals surface area contributed by atoms with Gasteiger partial charge in [-0.2, -0.15) is 0 Å². The molecule has 1 aromatic rings. The van der Waals surface area contributed by atoms with E-state index in [0.29, 0.717) is 12.6 Å². The summed E-state index contributed by atoms with van der Waals surface area (Å²) in [4.78, 5) is 0. The molecule has 1 rings (SSSR count). The summed E-state index contributed by atoms with van der Waals surface area (Å²) < 4.78 is 18.2. The third kappa shape index (κ3) is 6.60. The van der Waals surface area contributed by atoms with E-state index in [1.54, 1.807) is 12.1 Å². The lowest BCUT2D eigenvalue weighted by Gasteiger charge is -2.12. The van der Waals surface area contributed by atoms with Crippen LogP contribution < -0.4 is 10.1 Å². The monoisotopic (exact) mass is 253 g/mol. The normalized spacial score (nSPS) is 12.4. The van der Waals surface area contributed by atoms with E-state index in [9.17, 15) is 4.39 Å². The molecule has 1 N–H and O–H groups in total. The lowest BCUT2D eigenvalue weighted by atomic mass is 10.1. The molecule has 0 amide bonds. The van der Waals surface area contributed by atoms with Crippen molar-refractivity contribution in [3.8, 4) is 5.75 Å². The molecule has 102 valence electrons. The highest BCUT2D eigenvalue weighted by atomic mass is 19.1. The van der Waals surface area contributed by atoms with Crippen molar-refractivity contribution in [2.75, 3.05) is 13.2 Å². The molecular weight excluding hydrogens is 229 g/mol. The number of halogens is 1. The minimum Gasteiger partial charge on any atom is -0.494 e. The Bertz CT molecular complexity index is 313. The molecule has 0 bridgehead atoms. The van der Waals surface area contributed by atoms with Crippen LogP contribution in [0.5, 0.6) is 5.75 Å². The summed E-state index contributed by atoms with van der Waals surface area (Å²) in [5.41, 5.74) is 0. The van der Waals surface area contributed by atoms with Crippen molar-refractivity contribution in [2.24, 2.45) is 0 Å². The fourth-order valence-corrected chi connectivity index (χ4v) is 1.77. The third-order valence-electron chi connectivity index (χ3n) is 2.86. The molecule has 0 aliphatic rings. The molecule has 0 saturated heterocycles. The minimum absolute atomic E-state index is 0.224. The molecule has 0 aromatic heterocycles. The smallest absolute Gasteiger partial charge is 0.123 e. The predicted octanol–water partition coefficient (Wildman–Crippen LogP) is 3.76. The van der Waals surface area contributed by atoms with Crippen molar-refractivity contribution in [1.82, 2.24) is 5.32 Å². The summed E-state index contributed by atoms with van der Waals surface area (Å²) in [7, 11) is 0. The van der Waals surface area contributed by atoms with Crippen LogP contribution in [0, 0.1) is 5.82 Å². The van der Waals surface area contributed by atoms with E-state index in [0.717, 1.165) is 25.1 Å². The van der Waals surface area contributed by atoms with Crippen molar-refractivity contribution in [2.45, 2.75) is 45.6 Å². The van der Waals surface area contributed by atoms with Gasteiger partial charge in [0.05, 0.1) is 6.61 Å². The summed E-state index contributed by atoms with van der Waals surface area (Å²) in [6, 6.07) is 6.76. The largest absolute Gasteiger partial charge is 0.494 e. The second kappa shape index (κ2) is 8.92. The Labute approximate surface area is 110 Å². The van der Waals surface area contributed by atoms with Gasteiger partial charge in [0.25, 0.3) is 0 Å². The van der Waals surface area contributed by atoms with Gasteiger partial charge in [0.2, 0.25) is 0 Å². The van der Waals surface area contributed by atoms with Gasteiger partial charge in [0.1, 0.15) is 11.6 Å². The highest BCUT2D eigenvalue weighted by Gasteiger charge is 2.00. The van der Waals surface area contributed by atoms with Crippen LogP contribution in [-0.2, 0) is 0 Å². The molecule has 3 heteroatoms. The number of unbranched alkanes of at least 4 members (excludes halogenated alkanes) is 1. The molecule has 0 heterocycles. The number of nitrogens with one attached hydrogen (secondary N) is 1. The molecular formula is C15H24FNO. The topological polar surface area (TPSA) is 21.3 Å². The molecule has 1 atom stereocenters. The van der Waals surface area contributed by atoms with Crippen molar-refractivity contribution in [3.63, 3.8) is 0 Å². The Morgan fingerprint density at radius 2 is 1.94 bits per heavy atom. The highest BCUT2D eigenvalue weighted by molar-refractivity contribution is 5.21. The lowest BCUT2D eigenvalue weighted by molar-refractivity contribution is 0.301. The molecule has 0 saturated carbocycles. The standard InChI is InChI=1S/C15H24FNO/c1-3-11-17-13(2)6-4-5-12-18-15-9-7-14(16)8-10-15/h7-10,13,17H,3-6,11-12H2,1-2H3. The molecule has 18 heavy (non-hydrogen) atoms. The van der Waals surface area contributed by atoms with Crippen LogP contribution in [0.2, 0.25) is 0 Å². The van der Waals surface area contributed by atoms with Gasteiger partial charge in [-0.1, -0.05) is 6.92 Å². The van der Waals surface area contributed by atoms with E-state index < -0.39 is 0 Å². The first-order chi connectivity index (χ1) is 8.72. The summed E-state index contributed by atoms with van der Waals surface area (Å²) in [6.45, 7) is 6.19. The van der Waals surface area contributed by atoms with Gasteiger partial charge < -0.3 is 10.1 Å². The van der Waals surface area contributed by atoms with Gasteiger partial charge in [-0.25, -0.2) is 4.39 Å². The average Bonchev–Trinajstić information content (AvgIpc) is 2.38. The Hall–Kier alpha value is -1.09. The van der Waals surface area contributed by atoms with E-state index in [-0.39, 0.29) is 5.82 Å². The zero-order valence-corrected chi connectivity index (χ0v) is 11.4. The van der Waals surface area contributed by atoms with Crippen LogP contribution in [-0.4, -0.2) is 19.2 Å². The highest BCUT2D eigenvalue weighted by Crippen LogP contribution is 2.12. The number of hydrogen-bond acceptors (Lipinski definition) is 2.